The SMILES string of the molecule is CCCCCCCCNCCC[C@@H](C)[C@H]1CC[C@H]2C3C(OCCCN)CC4CC(OCCCN)CCC4(C)[C@H]3C[C@H](O)C12C. The lowest BCUT2D eigenvalue weighted by Crippen LogP contribution is -2.62. The van der Waals surface area contributed by atoms with Crippen LogP contribution < -0.4 is 16.8 Å². The third-order valence-electron chi connectivity index (χ3n) is 13.6. The van der Waals surface area contributed by atoms with Gasteiger partial charge in [-0.25, -0.2) is 0 Å². The zero-order valence-corrected chi connectivity index (χ0v) is 29.4. The molecule has 6 unspecified atom stereocenters. The Morgan fingerprint density at radius 2 is 1.52 bits per heavy atom. The van der Waals surface area contributed by atoms with E-state index in [1.807, 2.05) is 0 Å². The van der Waals surface area contributed by atoms with Crippen LogP contribution in [-0.4, -0.2) is 62.8 Å². The van der Waals surface area contributed by atoms with E-state index in [9.17, 15) is 5.11 Å². The molecule has 0 aliphatic heterocycles. The van der Waals surface area contributed by atoms with Gasteiger partial charge < -0.3 is 31.4 Å². The quantitative estimate of drug-likeness (QED) is 0.109. The highest BCUT2D eigenvalue weighted by molar-refractivity contribution is 5.14. The molecule has 4 aliphatic carbocycles. The number of fused-ring (bicyclic) bond motifs is 5. The molecule has 4 aliphatic rings. The Labute approximate surface area is 271 Å². The molecule has 0 radical (unpaired) electrons. The van der Waals surface area contributed by atoms with Crippen LogP contribution in [0, 0.1) is 46.3 Å². The Morgan fingerprint density at radius 1 is 0.818 bits per heavy atom. The predicted molar refractivity (Wildman–Crippen MR) is 183 cm³/mol. The van der Waals surface area contributed by atoms with Crippen LogP contribution in [0.5, 0.6) is 0 Å². The second-order valence-corrected chi connectivity index (χ2v) is 16.1. The predicted octanol–water partition coefficient (Wildman–Crippen LogP) is 7.06. The van der Waals surface area contributed by atoms with Gasteiger partial charge in [-0.2, -0.15) is 0 Å². The molecule has 258 valence electrons. The maximum Gasteiger partial charge on any atom is 0.0611 e. The maximum atomic E-state index is 12.1. The molecule has 11 atom stereocenters. The van der Waals surface area contributed by atoms with Gasteiger partial charge in [-0.05, 0) is 150 Å². The van der Waals surface area contributed by atoms with Gasteiger partial charge in [0.2, 0.25) is 0 Å². The lowest BCUT2D eigenvalue weighted by molar-refractivity contribution is -0.218. The molecule has 0 bridgehead atoms. The molecule has 44 heavy (non-hydrogen) atoms. The van der Waals surface area contributed by atoms with Gasteiger partial charge in [0.05, 0.1) is 18.3 Å². The van der Waals surface area contributed by atoms with Crippen molar-refractivity contribution in [2.45, 2.75) is 155 Å². The Balaban J connectivity index is 1.38. The fourth-order valence-corrected chi connectivity index (χ4v) is 11.0. The van der Waals surface area contributed by atoms with Crippen LogP contribution in [0.1, 0.15) is 137 Å². The fraction of sp³-hybridized carbons (Fsp3) is 1.00. The molecular weight excluding hydrogens is 546 g/mol. The fourth-order valence-electron chi connectivity index (χ4n) is 11.0. The second kappa shape index (κ2) is 17.8. The number of aliphatic hydroxyl groups is 1. The van der Waals surface area contributed by atoms with Crippen molar-refractivity contribution >= 4 is 0 Å². The summed E-state index contributed by atoms with van der Waals surface area (Å²) in [6, 6.07) is 0. The monoisotopic (exact) mass is 620 g/mol. The highest BCUT2D eigenvalue weighted by Gasteiger charge is 2.66. The summed E-state index contributed by atoms with van der Waals surface area (Å²) in [5.41, 5.74) is 11.9. The van der Waals surface area contributed by atoms with E-state index in [-0.39, 0.29) is 23.0 Å². The van der Waals surface area contributed by atoms with Crippen molar-refractivity contribution in [2.24, 2.45) is 57.8 Å². The summed E-state index contributed by atoms with van der Waals surface area (Å²) < 4.78 is 13.1. The van der Waals surface area contributed by atoms with Gasteiger partial charge in [-0.3, -0.25) is 0 Å². The minimum absolute atomic E-state index is 0.00624. The molecule has 0 aromatic heterocycles. The summed E-state index contributed by atoms with van der Waals surface area (Å²) in [6.07, 6.45) is 21.1. The summed E-state index contributed by atoms with van der Waals surface area (Å²) in [6.45, 7) is 15.1. The smallest absolute Gasteiger partial charge is 0.0611 e. The highest BCUT2D eigenvalue weighted by Crippen LogP contribution is 2.68. The van der Waals surface area contributed by atoms with Crippen molar-refractivity contribution in [2.75, 3.05) is 39.4 Å². The molecule has 6 N–H and O–H groups in total. The minimum atomic E-state index is -0.215. The van der Waals surface area contributed by atoms with E-state index in [2.05, 4.69) is 33.0 Å². The van der Waals surface area contributed by atoms with Crippen LogP contribution in [0.4, 0.5) is 0 Å². The topological polar surface area (TPSA) is 103 Å². The minimum Gasteiger partial charge on any atom is -0.393 e. The number of ether oxygens (including phenoxy) is 2. The van der Waals surface area contributed by atoms with Crippen LogP contribution in [0.25, 0.3) is 0 Å². The van der Waals surface area contributed by atoms with Crippen molar-refractivity contribution in [3.05, 3.63) is 0 Å². The van der Waals surface area contributed by atoms with Gasteiger partial charge >= 0.3 is 0 Å². The van der Waals surface area contributed by atoms with E-state index in [0.717, 1.165) is 64.8 Å². The van der Waals surface area contributed by atoms with Gasteiger partial charge in [0.1, 0.15) is 0 Å². The van der Waals surface area contributed by atoms with Crippen LogP contribution in [0.2, 0.25) is 0 Å². The number of unbranched alkanes of at least 4 members (excludes halogenated alkanes) is 5. The molecule has 0 spiro atoms. The molecule has 4 fully saturated rings. The van der Waals surface area contributed by atoms with Crippen LogP contribution in [-0.2, 0) is 9.47 Å². The van der Waals surface area contributed by atoms with E-state index >= 15 is 0 Å². The molecule has 6 heteroatoms. The average Bonchev–Trinajstić information content (AvgIpc) is 3.37. The molecule has 6 nitrogen and oxygen atoms in total. The first-order valence-electron chi connectivity index (χ1n) is 19.3. The van der Waals surface area contributed by atoms with Crippen LogP contribution in [0.3, 0.4) is 0 Å². The summed E-state index contributed by atoms with van der Waals surface area (Å²) in [7, 11) is 0. The maximum absolute atomic E-state index is 12.1. The molecule has 4 saturated carbocycles. The summed E-state index contributed by atoms with van der Waals surface area (Å²) in [5.74, 6) is 3.48. The standard InChI is InChI=1S/C38H73N3O3/c1-5-6-7-8-9-10-21-41-22-11-14-28(2)31-15-16-32-36-33(27-35(42)38(31,32)4)37(3)18-17-30(43-23-12-19-39)25-29(37)26-34(36)44-24-13-20-40/h28-36,41-42H,5-27,39-40H2,1-4H3/t28-,29?,30?,31-,32+,33+,34?,35+,36?,37?,38?/m1/s1. The highest BCUT2D eigenvalue weighted by atomic mass is 16.5. The number of nitrogens with one attached hydrogen (secondary N) is 1. The van der Waals surface area contributed by atoms with E-state index in [1.54, 1.807) is 0 Å². The van der Waals surface area contributed by atoms with Gasteiger partial charge in [-0.15, -0.1) is 0 Å². The van der Waals surface area contributed by atoms with Crippen molar-refractivity contribution in [3.63, 3.8) is 0 Å². The molecule has 0 amide bonds. The molecule has 0 aromatic rings. The molecule has 0 heterocycles. The average molecular weight is 620 g/mol. The molecular formula is C38H73N3O3. The summed E-state index contributed by atoms with van der Waals surface area (Å²) in [4.78, 5) is 0. The first-order chi connectivity index (χ1) is 21.3. The zero-order chi connectivity index (χ0) is 31.6. The van der Waals surface area contributed by atoms with Crippen molar-refractivity contribution < 1.29 is 14.6 Å². The Hall–Kier alpha value is -0.240. The number of hydrogen-bond donors (Lipinski definition) is 4. The molecule has 0 aromatic carbocycles. The van der Waals surface area contributed by atoms with E-state index < -0.39 is 0 Å². The third kappa shape index (κ3) is 8.42. The van der Waals surface area contributed by atoms with Gasteiger partial charge in [-0.1, -0.05) is 59.8 Å². The first-order valence-corrected chi connectivity index (χ1v) is 19.3. The lowest BCUT2D eigenvalue weighted by atomic mass is 9.43. The largest absolute Gasteiger partial charge is 0.393 e. The summed E-state index contributed by atoms with van der Waals surface area (Å²) >= 11 is 0. The number of nitrogens with two attached hydrogens (primary N) is 2. The van der Waals surface area contributed by atoms with E-state index in [0.29, 0.717) is 54.7 Å². The Kier molecular flexibility index (Phi) is 14.8. The van der Waals surface area contributed by atoms with E-state index in [4.69, 9.17) is 20.9 Å². The molecule has 0 saturated heterocycles. The zero-order valence-electron chi connectivity index (χ0n) is 29.4. The summed E-state index contributed by atoms with van der Waals surface area (Å²) in [5, 5.41) is 15.9. The van der Waals surface area contributed by atoms with Gasteiger partial charge in [0, 0.05) is 13.2 Å². The second-order valence-electron chi connectivity index (χ2n) is 16.1. The van der Waals surface area contributed by atoms with Crippen LogP contribution >= 0.6 is 0 Å². The van der Waals surface area contributed by atoms with Crippen LogP contribution in [0.15, 0.2) is 0 Å². The number of hydrogen-bond acceptors (Lipinski definition) is 6. The van der Waals surface area contributed by atoms with Crippen molar-refractivity contribution in [3.8, 4) is 0 Å². The van der Waals surface area contributed by atoms with Crippen molar-refractivity contribution in [1.82, 2.24) is 5.32 Å². The van der Waals surface area contributed by atoms with E-state index in [1.165, 1.54) is 70.6 Å². The van der Waals surface area contributed by atoms with Gasteiger partial charge in [0.15, 0.2) is 0 Å². The normalized spacial score (nSPS) is 39.1. The number of rotatable bonds is 20. The lowest BCUT2D eigenvalue weighted by Gasteiger charge is -2.64. The third-order valence-corrected chi connectivity index (χ3v) is 13.6. The first kappa shape index (κ1) is 36.6. The Bertz CT molecular complexity index is 814. The van der Waals surface area contributed by atoms with Gasteiger partial charge in [0.25, 0.3) is 0 Å². The number of aliphatic hydroxyl groups excluding tert-OH is 1. The molecule has 4 rings (SSSR count). The van der Waals surface area contributed by atoms with Crippen molar-refractivity contribution in [1.29, 1.82) is 0 Å². The Morgan fingerprint density at radius 3 is 2.27 bits per heavy atom.